The monoisotopic (exact) mass is 429 g/mol. The standard InChI is InChI=1S/C24H19N3OS2/c1-28-19-11-12-20-22(13-19)30-24(27-20)25-14-16-7-9-18(10-8-16)23-26-21(15-29-23)17-5-3-2-4-6-17/h2-13,15H,14H2,1H3,(H,25,27). The predicted molar refractivity (Wildman–Crippen MR) is 126 cm³/mol. The highest BCUT2D eigenvalue weighted by atomic mass is 32.1. The van der Waals surface area contributed by atoms with Crippen molar-refractivity contribution >= 4 is 38.0 Å². The minimum atomic E-state index is 0.727. The summed E-state index contributed by atoms with van der Waals surface area (Å²) in [5.41, 5.74) is 5.49. The molecule has 5 rings (SSSR count). The Labute approximate surface area is 182 Å². The molecule has 0 aliphatic carbocycles. The van der Waals surface area contributed by atoms with E-state index in [9.17, 15) is 0 Å². The van der Waals surface area contributed by atoms with E-state index in [0.29, 0.717) is 0 Å². The molecule has 0 saturated carbocycles. The first-order chi connectivity index (χ1) is 14.8. The lowest BCUT2D eigenvalue weighted by Crippen LogP contribution is -1.98. The molecule has 0 bridgehead atoms. The van der Waals surface area contributed by atoms with Crippen molar-refractivity contribution in [2.75, 3.05) is 12.4 Å². The van der Waals surface area contributed by atoms with Crippen molar-refractivity contribution in [3.8, 4) is 27.6 Å². The SMILES string of the molecule is COc1ccc2nc(NCc3ccc(-c4nc(-c5ccccc5)cs4)cc3)sc2c1. The van der Waals surface area contributed by atoms with Crippen molar-refractivity contribution in [3.63, 3.8) is 0 Å². The van der Waals surface area contributed by atoms with Gasteiger partial charge in [0.05, 0.1) is 23.0 Å². The number of anilines is 1. The molecule has 2 aromatic heterocycles. The van der Waals surface area contributed by atoms with Gasteiger partial charge in [0.1, 0.15) is 10.8 Å². The molecule has 1 N–H and O–H groups in total. The summed E-state index contributed by atoms with van der Waals surface area (Å²) in [7, 11) is 1.68. The molecule has 0 atom stereocenters. The average molecular weight is 430 g/mol. The van der Waals surface area contributed by atoms with Crippen molar-refractivity contribution in [2.24, 2.45) is 0 Å². The topological polar surface area (TPSA) is 47.0 Å². The summed E-state index contributed by atoms with van der Waals surface area (Å²) in [6, 6.07) is 24.8. The molecule has 0 spiro atoms. The van der Waals surface area contributed by atoms with Gasteiger partial charge in [-0.25, -0.2) is 9.97 Å². The second-order valence-corrected chi connectivity index (χ2v) is 8.70. The summed E-state index contributed by atoms with van der Waals surface area (Å²) in [6.07, 6.45) is 0. The highest BCUT2D eigenvalue weighted by Gasteiger charge is 2.08. The molecule has 148 valence electrons. The van der Waals surface area contributed by atoms with E-state index in [1.165, 1.54) is 5.56 Å². The maximum absolute atomic E-state index is 5.29. The van der Waals surface area contributed by atoms with Crippen LogP contribution in [0.25, 0.3) is 32.0 Å². The summed E-state index contributed by atoms with van der Waals surface area (Å²) < 4.78 is 6.41. The maximum atomic E-state index is 5.29. The third-order valence-corrected chi connectivity index (χ3v) is 6.68. The molecular weight excluding hydrogens is 410 g/mol. The number of fused-ring (bicyclic) bond motifs is 1. The first-order valence-electron chi connectivity index (χ1n) is 9.57. The van der Waals surface area contributed by atoms with Gasteiger partial charge in [0.15, 0.2) is 5.13 Å². The van der Waals surface area contributed by atoms with Crippen LogP contribution < -0.4 is 10.1 Å². The van der Waals surface area contributed by atoms with Gasteiger partial charge >= 0.3 is 0 Å². The second kappa shape index (κ2) is 8.26. The summed E-state index contributed by atoms with van der Waals surface area (Å²) in [4.78, 5) is 9.44. The Bertz CT molecular complexity index is 1280. The van der Waals surface area contributed by atoms with Crippen LogP contribution in [-0.4, -0.2) is 17.1 Å². The van der Waals surface area contributed by atoms with E-state index in [2.05, 4.69) is 52.1 Å². The number of hydrogen-bond donors (Lipinski definition) is 1. The van der Waals surface area contributed by atoms with Crippen LogP contribution >= 0.6 is 22.7 Å². The molecule has 3 aromatic carbocycles. The molecule has 0 amide bonds. The highest BCUT2D eigenvalue weighted by molar-refractivity contribution is 7.22. The Morgan fingerprint density at radius 1 is 0.900 bits per heavy atom. The van der Waals surface area contributed by atoms with E-state index >= 15 is 0 Å². The molecule has 6 heteroatoms. The van der Waals surface area contributed by atoms with Gasteiger partial charge in [-0.15, -0.1) is 11.3 Å². The summed E-state index contributed by atoms with van der Waals surface area (Å²) in [5, 5.41) is 7.49. The van der Waals surface area contributed by atoms with Crippen LogP contribution in [0.1, 0.15) is 5.56 Å². The first kappa shape index (κ1) is 18.8. The van der Waals surface area contributed by atoms with E-state index in [0.717, 1.165) is 49.5 Å². The number of methoxy groups -OCH3 is 1. The lowest BCUT2D eigenvalue weighted by Gasteiger charge is -2.04. The molecule has 0 aliphatic rings. The number of ether oxygens (including phenoxy) is 1. The molecule has 5 aromatic rings. The van der Waals surface area contributed by atoms with E-state index in [4.69, 9.17) is 9.72 Å². The van der Waals surface area contributed by atoms with E-state index in [-0.39, 0.29) is 0 Å². The fourth-order valence-corrected chi connectivity index (χ4v) is 4.92. The van der Waals surface area contributed by atoms with Crippen molar-refractivity contribution in [1.29, 1.82) is 0 Å². The first-order valence-corrected chi connectivity index (χ1v) is 11.3. The number of rotatable bonds is 6. The lowest BCUT2D eigenvalue weighted by molar-refractivity contribution is 0.415. The van der Waals surface area contributed by atoms with E-state index in [1.807, 2.05) is 36.4 Å². The zero-order chi connectivity index (χ0) is 20.3. The smallest absolute Gasteiger partial charge is 0.184 e. The molecule has 0 radical (unpaired) electrons. The zero-order valence-electron chi connectivity index (χ0n) is 16.3. The van der Waals surface area contributed by atoms with Crippen LogP contribution in [0.4, 0.5) is 5.13 Å². The Balaban J connectivity index is 1.27. The fraction of sp³-hybridized carbons (Fsp3) is 0.0833. The van der Waals surface area contributed by atoms with Gasteiger partial charge in [0.2, 0.25) is 0 Å². The van der Waals surface area contributed by atoms with Gasteiger partial charge in [-0.1, -0.05) is 65.9 Å². The Morgan fingerprint density at radius 2 is 1.73 bits per heavy atom. The van der Waals surface area contributed by atoms with E-state index < -0.39 is 0 Å². The van der Waals surface area contributed by atoms with Crippen LogP contribution in [0.3, 0.4) is 0 Å². The van der Waals surface area contributed by atoms with Crippen molar-refractivity contribution in [1.82, 2.24) is 9.97 Å². The number of benzene rings is 3. The minimum absolute atomic E-state index is 0.727. The van der Waals surface area contributed by atoms with Crippen LogP contribution in [0, 0.1) is 0 Å². The van der Waals surface area contributed by atoms with Crippen LogP contribution in [0.5, 0.6) is 5.75 Å². The van der Waals surface area contributed by atoms with E-state index in [1.54, 1.807) is 29.8 Å². The normalized spacial score (nSPS) is 11.0. The van der Waals surface area contributed by atoms with Gasteiger partial charge in [-0.2, -0.15) is 0 Å². The Kier molecular flexibility index (Phi) is 5.17. The van der Waals surface area contributed by atoms with Gasteiger partial charge in [0.25, 0.3) is 0 Å². The molecule has 0 aliphatic heterocycles. The molecule has 0 fully saturated rings. The van der Waals surface area contributed by atoms with Crippen LogP contribution in [-0.2, 0) is 6.54 Å². The summed E-state index contributed by atoms with van der Waals surface area (Å²) >= 11 is 3.31. The largest absolute Gasteiger partial charge is 0.497 e. The minimum Gasteiger partial charge on any atom is -0.497 e. The molecular formula is C24H19N3OS2. The van der Waals surface area contributed by atoms with Gasteiger partial charge in [-0.3, -0.25) is 0 Å². The molecule has 30 heavy (non-hydrogen) atoms. The van der Waals surface area contributed by atoms with Crippen molar-refractivity contribution < 1.29 is 4.74 Å². The number of nitrogens with zero attached hydrogens (tertiary/aromatic N) is 2. The quantitative estimate of drug-likeness (QED) is 0.326. The predicted octanol–water partition coefficient (Wildman–Crippen LogP) is 6.71. The van der Waals surface area contributed by atoms with Crippen LogP contribution in [0.2, 0.25) is 0 Å². The fourth-order valence-electron chi connectivity index (χ4n) is 3.20. The number of aromatic nitrogens is 2. The van der Waals surface area contributed by atoms with Crippen molar-refractivity contribution in [2.45, 2.75) is 6.54 Å². The van der Waals surface area contributed by atoms with Crippen molar-refractivity contribution in [3.05, 3.63) is 83.7 Å². The lowest BCUT2D eigenvalue weighted by atomic mass is 10.1. The number of thiazole rings is 2. The molecule has 4 nitrogen and oxygen atoms in total. The summed E-state index contributed by atoms with van der Waals surface area (Å²) in [6.45, 7) is 0.727. The molecule has 2 heterocycles. The Hall–Kier alpha value is -3.22. The number of nitrogens with one attached hydrogen (secondary N) is 1. The highest BCUT2D eigenvalue weighted by Crippen LogP contribution is 2.31. The van der Waals surface area contributed by atoms with Crippen LogP contribution in [0.15, 0.2) is 78.2 Å². The maximum Gasteiger partial charge on any atom is 0.184 e. The third kappa shape index (κ3) is 3.92. The zero-order valence-corrected chi connectivity index (χ0v) is 18.0. The van der Waals surface area contributed by atoms with Gasteiger partial charge in [0, 0.05) is 23.1 Å². The Morgan fingerprint density at radius 3 is 2.53 bits per heavy atom. The molecule has 0 saturated heterocycles. The second-order valence-electron chi connectivity index (χ2n) is 6.81. The third-order valence-electron chi connectivity index (χ3n) is 4.81. The summed E-state index contributed by atoms with van der Waals surface area (Å²) in [5.74, 6) is 0.853. The molecule has 0 unspecified atom stereocenters. The number of hydrogen-bond acceptors (Lipinski definition) is 6. The average Bonchev–Trinajstić information content (AvgIpc) is 3.45. The van der Waals surface area contributed by atoms with Gasteiger partial charge < -0.3 is 10.1 Å². The van der Waals surface area contributed by atoms with Gasteiger partial charge in [-0.05, 0) is 23.8 Å².